The Morgan fingerprint density at radius 2 is 2.13 bits per heavy atom. The van der Waals surface area contributed by atoms with Crippen molar-refractivity contribution in [3.05, 3.63) is 35.1 Å². The molecule has 0 unspecified atom stereocenters. The molecule has 0 spiro atoms. The molecule has 2 rings (SSSR count). The van der Waals surface area contributed by atoms with Crippen LogP contribution in [0.25, 0.3) is 10.6 Å². The Kier molecular flexibility index (Phi) is 2.73. The van der Waals surface area contributed by atoms with E-state index in [-0.39, 0.29) is 0 Å². The summed E-state index contributed by atoms with van der Waals surface area (Å²) in [6.45, 7) is 1.85. The van der Waals surface area contributed by atoms with E-state index >= 15 is 0 Å². The van der Waals surface area contributed by atoms with Gasteiger partial charge in [-0.05, 0) is 12.5 Å². The summed E-state index contributed by atoms with van der Waals surface area (Å²) in [5, 5.41) is 0.469. The number of nitrogens with zero attached hydrogens (tertiary/aromatic N) is 2. The first-order valence-corrected chi connectivity index (χ1v) is 5.28. The first-order valence-electron chi connectivity index (χ1n) is 4.47. The second-order valence-corrected chi connectivity index (χ2v) is 4.06. The molecule has 5 heteroatoms. The smallest absolute Gasteiger partial charge is 0.227 e. The number of hydrogen-bond acceptors (Lipinski definition) is 3. The van der Waals surface area contributed by atoms with Crippen LogP contribution in [0.4, 0.5) is 8.78 Å². The highest BCUT2D eigenvalue weighted by molar-refractivity contribution is 7.15. The van der Waals surface area contributed by atoms with Gasteiger partial charge in [0.1, 0.15) is 10.8 Å². The van der Waals surface area contributed by atoms with E-state index in [2.05, 4.69) is 9.97 Å². The van der Waals surface area contributed by atoms with E-state index < -0.39 is 11.8 Å². The lowest BCUT2D eigenvalue weighted by molar-refractivity contribution is 0.580. The van der Waals surface area contributed by atoms with Crippen molar-refractivity contribution in [1.82, 2.24) is 9.97 Å². The molecule has 0 aliphatic heterocycles. The summed E-state index contributed by atoms with van der Waals surface area (Å²) in [7, 11) is 0. The van der Waals surface area contributed by atoms with Gasteiger partial charge in [0.2, 0.25) is 5.95 Å². The largest absolute Gasteiger partial charge is 0.261 e. The molecule has 0 bridgehead atoms. The quantitative estimate of drug-likeness (QED) is 0.786. The second-order valence-electron chi connectivity index (χ2n) is 2.98. The van der Waals surface area contributed by atoms with Gasteiger partial charge in [0, 0.05) is 11.8 Å². The summed E-state index contributed by atoms with van der Waals surface area (Å²) < 4.78 is 26.0. The Labute approximate surface area is 89.6 Å². The van der Waals surface area contributed by atoms with Crippen LogP contribution in [0.3, 0.4) is 0 Å². The molecule has 2 aromatic rings. The third kappa shape index (κ3) is 2.02. The van der Waals surface area contributed by atoms with Gasteiger partial charge < -0.3 is 0 Å². The minimum atomic E-state index is -0.471. The van der Waals surface area contributed by atoms with Crippen molar-refractivity contribution in [2.75, 3.05) is 0 Å². The average Bonchev–Trinajstić information content (AvgIpc) is 2.60. The Bertz CT molecular complexity index is 482. The van der Waals surface area contributed by atoms with Gasteiger partial charge in [-0.2, -0.15) is 4.39 Å². The molecule has 0 saturated heterocycles. The van der Waals surface area contributed by atoms with E-state index in [9.17, 15) is 8.78 Å². The summed E-state index contributed by atoms with van der Waals surface area (Å²) in [4.78, 5) is 8.01. The van der Waals surface area contributed by atoms with Gasteiger partial charge in [-0.1, -0.05) is 6.92 Å². The lowest BCUT2D eigenvalue weighted by Gasteiger charge is -1.93. The fourth-order valence-corrected chi connectivity index (χ4v) is 2.07. The van der Waals surface area contributed by atoms with Gasteiger partial charge in [0.05, 0.1) is 11.1 Å². The molecule has 78 valence electrons. The number of halogens is 2. The maximum Gasteiger partial charge on any atom is 0.227 e. The van der Waals surface area contributed by atoms with Gasteiger partial charge in [-0.25, -0.2) is 9.37 Å². The predicted molar refractivity (Wildman–Crippen MR) is 54.6 cm³/mol. The van der Waals surface area contributed by atoms with Crippen molar-refractivity contribution in [1.29, 1.82) is 0 Å². The van der Waals surface area contributed by atoms with Crippen LogP contribution in [0.15, 0.2) is 18.5 Å². The van der Waals surface area contributed by atoms with E-state index in [0.29, 0.717) is 21.9 Å². The topological polar surface area (TPSA) is 25.8 Å². The lowest BCUT2D eigenvalue weighted by atomic mass is 10.3. The van der Waals surface area contributed by atoms with E-state index in [4.69, 9.17) is 0 Å². The van der Waals surface area contributed by atoms with Crippen molar-refractivity contribution in [2.24, 2.45) is 0 Å². The molecule has 0 aliphatic rings. The van der Waals surface area contributed by atoms with Gasteiger partial charge in [0.15, 0.2) is 0 Å². The van der Waals surface area contributed by atoms with Crippen LogP contribution in [-0.4, -0.2) is 9.97 Å². The van der Waals surface area contributed by atoms with Gasteiger partial charge in [-0.15, -0.1) is 11.3 Å². The Balaban J connectivity index is 2.45. The maximum absolute atomic E-state index is 13.2. The van der Waals surface area contributed by atoms with Crippen molar-refractivity contribution in [2.45, 2.75) is 13.3 Å². The molecular weight excluding hydrogens is 218 g/mol. The Morgan fingerprint density at radius 3 is 2.73 bits per heavy atom. The number of aromatic nitrogens is 2. The van der Waals surface area contributed by atoms with Crippen LogP contribution in [0, 0.1) is 11.8 Å². The molecule has 2 aromatic heterocycles. The summed E-state index contributed by atoms with van der Waals surface area (Å²) >= 11 is 1.23. The molecule has 0 atom stereocenters. The normalized spacial score (nSPS) is 10.6. The molecule has 0 radical (unpaired) electrons. The summed E-state index contributed by atoms with van der Waals surface area (Å²) in [6, 6.07) is 1.30. The lowest BCUT2D eigenvalue weighted by Crippen LogP contribution is -1.83. The summed E-state index contributed by atoms with van der Waals surface area (Å²) in [6.07, 6.45) is 3.17. The zero-order valence-corrected chi connectivity index (χ0v) is 8.81. The van der Waals surface area contributed by atoms with E-state index in [1.807, 2.05) is 6.92 Å². The Morgan fingerprint density at radius 1 is 1.33 bits per heavy atom. The fourth-order valence-electron chi connectivity index (χ4n) is 1.20. The highest BCUT2D eigenvalue weighted by Gasteiger charge is 2.11. The summed E-state index contributed by atoms with van der Waals surface area (Å²) in [5.74, 6) is -0.914. The van der Waals surface area contributed by atoms with Crippen molar-refractivity contribution in [3.8, 4) is 10.6 Å². The standard InChI is InChI=1S/C10H8F2N2S/c1-2-8-9(12)14-10(15-8)6-3-7(11)5-13-4-6/h3-5H,2H2,1H3. The minimum absolute atomic E-state index is 0.443. The SMILES string of the molecule is CCc1sc(-c2cncc(F)c2)nc1F. The monoisotopic (exact) mass is 226 g/mol. The maximum atomic E-state index is 13.2. The molecule has 15 heavy (non-hydrogen) atoms. The zero-order valence-electron chi connectivity index (χ0n) is 8.00. The Hall–Kier alpha value is -1.36. The van der Waals surface area contributed by atoms with Crippen LogP contribution in [0.1, 0.15) is 11.8 Å². The molecule has 0 amide bonds. The first kappa shape index (κ1) is 10.2. The van der Waals surface area contributed by atoms with Crippen LogP contribution in [-0.2, 0) is 6.42 Å². The highest BCUT2D eigenvalue weighted by Crippen LogP contribution is 2.27. The zero-order chi connectivity index (χ0) is 10.8. The molecule has 0 fully saturated rings. The molecule has 2 heterocycles. The van der Waals surface area contributed by atoms with Gasteiger partial charge in [0.25, 0.3) is 0 Å². The van der Waals surface area contributed by atoms with E-state index in [1.54, 1.807) is 0 Å². The highest BCUT2D eigenvalue weighted by atomic mass is 32.1. The number of thiazole rings is 1. The molecular formula is C10H8F2N2S. The molecule has 0 aromatic carbocycles. The third-order valence-corrected chi connectivity index (χ3v) is 3.15. The van der Waals surface area contributed by atoms with E-state index in [0.717, 1.165) is 6.20 Å². The van der Waals surface area contributed by atoms with Gasteiger partial charge in [-0.3, -0.25) is 4.98 Å². The fraction of sp³-hybridized carbons (Fsp3) is 0.200. The minimum Gasteiger partial charge on any atom is -0.261 e. The number of aryl methyl sites for hydroxylation is 1. The van der Waals surface area contributed by atoms with Crippen LogP contribution in [0.5, 0.6) is 0 Å². The molecule has 0 N–H and O–H groups in total. The van der Waals surface area contributed by atoms with Crippen molar-refractivity contribution in [3.63, 3.8) is 0 Å². The molecule has 2 nitrogen and oxygen atoms in total. The number of rotatable bonds is 2. The molecule has 0 aliphatic carbocycles. The summed E-state index contributed by atoms with van der Waals surface area (Å²) in [5.41, 5.74) is 0.513. The van der Waals surface area contributed by atoms with Gasteiger partial charge >= 0.3 is 0 Å². The predicted octanol–water partition coefficient (Wildman–Crippen LogP) is 3.05. The third-order valence-electron chi connectivity index (χ3n) is 1.92. The van der Waals surface area contributed by atoms with Crippen LogP contribution >= 0.6 is 11.3 Å². The molecule has 0 saturated carbocycles. The van der Waals surface area contributed by atoms with Crippen LogP contribution < -0.4 is 0 Å². The first-order chi connectivity index (χ1) is 7.20. The van der Waals surface area contributed by atoms with Crippen LogP contribution in [0.2, 0.25) is 0 Å². The number of pyridine rings is 1. The number of hydrogen-bond donors (Lipinski definition) is 0. The van der Waals surface area contributed by atoms with E-state index in [1.165, 1.54) is 23.6 Å². The van der Waals surface area contributed by atoms with Crippen molar-refractivity contribution < 1.29 is 8.78 Å². The average molecular weight is 226 g/mol. The second kappa shape index (κ2) is 4.02. The van der Waals surface area contributed by atoms with Crippen molar-refractivity contribution >= 4 is 11.3 Å².